The van der Waals surface area contributed by atoms with E-state index in [-0.39, 0.29) is 16.5 Å². The van der Waals surface area contributed by atoms with Crippen LogP contribution in [0.5, 0.6) is 0 Å². The standard InChI is InChI=1S/C20H19N5O3S/c1-13-5-7-15(8-6-13)29(26,27)12-20-21-14(2)10-18(23-20)22-19-11-16(24-25-19)17-4-3-9-28-17/h3-11H,12H2,1-2H3,(H2,21,22,23,24,25). The minimum Gasteiger partial charge on any atom is -0.463 e. The first kappa shape index (κ1) is 18.9. The molecule has 0 radical (unpaired) electrons. The molecule has 2 N–H and O–H groups in total. The van der Waals surface area contributed by atoms with Crippen LogP contribution in [0.2, 0.25) is 0 Å². The fraction of sp³-hybridized carbons (Fsp3) is 0.150. The molecule has 0 saturated carbocycles. The quantitative estimate of drug-likeness (QED) is 0.498. The van der Waals surface area contributed by atoms with Gasteiger partial charge in [0.2, 0.25) is 0 Å². The topological polar surface area (TPSA) is 114 Å². The summed E-state index contributed by atoms with van der Waals surface area (Å²) in [6.07, 6.45) is 1.58. The molecule has 4 rings (SSSR count). The highest BCUT2D eigenvalue weighted by atomic mass is 32.2. The lowest BCUT2D eigenvalue weighted by atomic mass is 10.2. The van der Waals surface area contributed by atoms with Crippen LogP contribution in [0.15, 0.2) is 64.1 Å². The van der Waals surface area contributed by atoms with Gasteiger partial charge < -0.3 is 9.73 Å². The third-order valence-corrected chi connectivity index (χ3v) is 5.85. The Labute approximate surface area is 168 Å². The summed E-state index contributed by atoms with van der Waals surface area (Å²) in [5.74, 6) is 1.58. The minimum absolute atomic E-state index is 0.217. The van der Waals surface area contributed by atoms with Gasteiger partial charge in [-0.2, -0.15) is 5.10 Å². The van der Waals surface area contributed by atoms with E-state index in [0.717, 1.165) is 5.56 Å². The second-order valence-corrected chi connectivity index (χ2v) is 8.64. The van der Waals surface area contributed by atoms with E-state index in [2.05, 4.69) is 25.5 Å². The largest absolute Gasteiger partial charge is 0.463 e. The van der Waals surface area contributed by atoms with Gasteiger partial charge in [0.25, 0.3) is 0 Å². The van der Waals surface area contributed by atoms with Crippen LogP contribution in [0.1, 0.15) is 17.1 Å². The van der Waals surface area contributed by atoms with Crippen molar-refractivity contribution in [3.8, 4) is 11.5 Å². The average molecular weight is 409 g/mol. The predicted molar refractivity (Wildman–Crippen MR) is 108 cm³/mol. The fourth-order valence-electron chi connectivity index (χ4n) is 2.83. The molecule has 0 spiro atoms. The lowest BCUT2D eigenvalue weighted by Gasteiger charge is -2.08. The number of hydrogen-bond acceptors (Lipinski definition) is 7. The highest BCUT2D eigenvalue weighted by Gasteiger charge is 2.18. The van der Waals surface area contributed by atoms with E-state index >= 15 is 0 Å². The number of sulfone groups is 1. The lowest BCUT2D eigenvalue weighted by Crippen LogP contribution is -2.10. The first-order valence-electron chi connectivity index (χ1n) is 8.89. The maximum atomic E-state index is 12.7. The van der Waals surface area contributed by atoms with E-state index in [1.807, 2.05) is 13.0 Å². The molecule has 0 fully saturated rings. The fourth-order valence-corrected chi connectivity index (χ4v) is 4.02. The van der Waals surface area contributed by atoms with E-state index in [1.54, 1.807) is 55.7 Å². The monoisotopic (exact) mass is 409 g/mol. The van der Waals surface area contributed by atoms with Crippen LogP contribution in [0.3, 0.4) is 0 Å². The molecule has 0 amide bonds. The first-order chi connectivity index (χ1) is 13.9. The first-order valence-corrected chi connectivity index (χ1v) is 10.5. The molecule has 29 heavy (non-hydrogen) atoms. The second kappa shape index (κ2) is 7.51. The van der Waals surface area contributed by atoms with Gasteiger partial charge in [0.15, 0.2) is 21.4 Å². The molecule has 0 aliphatic carbocycles. The maximum Gasteiger partial charge on any atom is 0.185 e. The molecule has 1 aromatic carbocycles. The summed E-state index contributed by atoms with van der Waals surface area (Å²) < 4.78 is 30.7. The third kappa shape index (κ3) is 4.35. The summed E-state index contributed by atoms with van der Waals surface area (Å²) in [5.41, 5.74) is 2.36. The van der Waals surface area contributed by atoms with E-state index in [0.29, 0.717) is 28.8 Å². The second-order valence-electron chi connectivity index (χ2n) is 6.65. The molecular weight excluding hydrogens is 390 g/mol. The number of anilines is 2. The van der Waals surface area contributed by atoms with Crippen LogP contribution in [-0.4, -0.2) is 28.6 Å². The zero-order chi connectivity index (χ0) is 20.4. The SMILES string of the molecule is Cc1ccc(S(=O)(=O)Cc2nc(C)cc(Nc3cc(-c4ccco4)[nH]n3)n2)cc1. The number of aromatic amines is 1. The summed E-state index contributed by atoms with van der Waals surface area (Å²) in [5, 5.41) is 10.1. The number of nitrogens with one attached hydrogen (secondary N) is 2. The highest BCUT2D eigenvalue weighted by Crippen LogP contribution is 2.22. The van der Waals surface area contributed by atoms with Crippen LogP contribution in [-0.2, 0) is 15.6 Å². The van der Waals surface area contributed by atoms with Gasteiger partial charge in [0.05, 0.1) is 11.2 Å². The molecule has 0 unspecified atom stereocenters. The minimum atomic E-state index is -3.55. The Balaban J connectivity index is 1.55. The number of aryl methyl sites for hydroxylation is 2. The Morgan fingerprint density at radius 3 is 2.55 bits per heavy atom. The molecule has 0 atom stereocenters. The summed E-state index contributed by atoms with van der Waals surface area (Å²) in [6, 6.07) is 13.8. The van der Waals surface area contributed by atoms with Gasteiger partial charge in [-0.3, -0.25) is 5.10 Å². The molecule has 8 nitrogen and oxygen atoms in total. The Bertz CT molecular complexity index is 1230. The summed E-state index contributed by atoms with van der Waals surface area (Å²) >= 11 is 0. The average Bonchev–Trinajstić information content (AvgIpc) is 3.32. The van der Waals surface area contributed by atoms with Gasteiger partial charge in [0.1, 0.15) is 23.1 Å². The number of rotatable bonds is 6. The van der Waals surface area contributed by atoms with Crippen molar-refractivity contribution >= 4 is 21.5 Å². The number of benzene rings is 1. The maximum absolute atomic E-state index is 12.7. The molecule has 3 aromatic heterocycles. The van der Waals surface area contributed by atoms with Crippen molar-refractivity contribution in [3.63, 3.8) is 0 Å². The number of hydrogen-bond donors (Lipinski definition) is 2. The van der Waals surface area contributed by atoms with E-state index < -0.39 is 9.84 Å². The zero-order valence-electron chi connectivity index (χ0n) is 15.9. The van der Waals surface area contributed by atoms with Crippen molar-refractivity contribution in [2.24, 2.45) is 0 Å². The van der Waals surface area contributed by atoms with Crippen molar-refractivity contribution in [2.45, 2.75) is 24.5 Å². The van der Waals surface area contributed by atoms with Crippen molar-refractivity contribution in [1.82, 2.24) is 20.2 Å². The van der Waals surface area contributed by atoms with Gasteiger partial charge in [-0.15, -0.1) is 0 Å². The highest BCUT2D eigenvalue weighted by molar-refractivity contribution is 7.90. The number of nitrogens with zero attached hydrogens (tertiary/aromatic N) is 3. The molecule has 148 valence electrons. The zero-order valence-corrected chi connectivity index (χ0v) is 16.7. The van der Waals surface area contributed by atoms with E-state index in [4.69, 9.17) is 4.42 Å². The summed E-state index contributed by atoms with van der Waals surface area (Å²) in [4.78, 5) is 8.87. The lowest BCUT2D eigenvalue weighted by molar-refractivity contribution is 0.580. The molecule has 0 aliphatic heterocycles. The summed E-state index contributed by atoms with van der Waals surface area (Å²) in [6.45, 7) is 3.69. The van der Waals surface area contributed by atoms with Gasteiger partial charge in [0, 0.05) is 17.8 Å². The van der Waals surface area contributed by atoms with E-state index in [1.165, 1.54) is 0 Å². The Morgan fingerprint density at radius 2 is 1.83 bits per heavy atom. The molecule has 3 heterocycles. The Kier molecular flexibility index (Phi) is 4.89. The van der Waals surface area contributed by atoms with Crippen LogP contribution in [0.4, 0.5) is 11.6 Å². The number of H-pyrrole nitrogens is 1. The van der Waals surface area contributed by atoms with E-state index in [9.17, 15) is 8.42 Å². The predicted octanol–water partition coefficient (Wildman–Crippen LogP) is 3.79. The van der Waals surface area contributed by atoms with Gasteiger partial charge >= 0.3 is 0 Å². The van der Waals surface area contributed by atoms with Crippen molar-refractivity contribution in [1.29, 1.82) is 0 Å². The normalized spacial score (nSPS) is 11.5. The number of furan rings is 1. The Morgan fingerprint density at radius 1 is 1.03 bits per heavy atom. The van der Waals surface area contributed by atoms with Gasteiger partial charge in [-0.25, -0.2) is 18.4 Å². The van der Waals surface area contributed by atoms with Crippen LogP contribution >= 0.6 is 0 Å². The molecule has 9 heteroatoms. The molecule has 0 saturated heterocycles. The molecule has 0 bridgehead atoms. The van der Waals surface area contributed by atoms with Crippen molar-refractivity contribution in [3.05, 3.63) is 71.9 Å². The molecule has 0 aliphatic rings. The van der Waals surface area contributed by atoms with Crippen molar-refractivity contribution in [2.75, 3.05) is 5.32 Å². The van der Waals surface area contributed by atoms with Crippen LogP contribution < -0.4 is 5.32 Å². The van der Waals surface area contributed by atoms with Gasteiger partial charge in [-0.05, 0) is 38.1 Å². The smallest absolute Gasteiger partial charge is 0.185 e. The molecular formula is C20H19N5O3S. The van der Waals surface area contributed by atoms with Crippen LogP contribution in [0, 0.1) is 13.8 Å². The third-order valence-electron chi connectivity index (χ3n) is 4.22. The van der Waals surface area contributed by atoms with Crippen molar-refractivity contribution < 1.29 is 12.8 Å². The summed E-state index contributed by atoms with van der Waals surface area (Å²) in [7, 11) is -3.55. The number of aromatic nitrogens is 4. The van der Waals surface area contributed by atoms with Crippen LogP contribution in [0.25, 0.3) is 11.5 Å². The Hall–Kier alpha value is -3.46. The molecule has 4 aromatic rings. The van der Waals surface area contributed by atoms with Gasteiger partial charge in [-0.1, -0.05) is 17.7 Å².